The van der Waals surface area contributed by atoms with Gasteiger partial charge in [0, 0.05) is 50.1 Å². The summed E-state index contributed by atoms with van der Waals surface area (Å²) in [5.74, 6) is 0.567. The maximum Gasteiger partial charge on any atom is 0.186 e. The number of aromatic nitrogens is 1. The largest absolute Gasteiger partial charge is 0.372 e. The second-order valence-electron chi connectivity index (χ2n) is 13.0. The molecule has 6 rings (SSSR count). The molecule has 2 aliphatic carbocycles. The SMILES string of the molecule is CC1(C)CN(c2nc([C@@H]3CCCC[C@H]3C(=O)CC3(C#N)CC3)c(-c3ccc(N4CCS(=O)(=O)CC4)cc3)s2)CCO1. The molecule has 2 saturated heterocycles. The van der Waals surface area contributed by atoms with Crippen molar-refractivity contribution >= 4 is 37.8 Å². The maximum absolute atomic E-state index is 13.7. The topological polar surface area (TPSA) is 104 Å². The van der Waals surface area contributed by atoms with E-state index in [1.54, 1.807) is 11.3 Å². The van der Waals surface area contributed by atoms with Crippen LogP contribution in [0.15, 0.2) is 24.3 Å². The van der Waals surface area contributed by atoms with E-state index in [-0.39, 0.29) is 34.7 Å². The third-order valence-corrected chi connectivity index (χ3v) is 12.1. The molecule has 0 N–H and O–H groups in total. The number of morpholine rings is 1. The first-order chi connectivity index (χ1) is 19.6. The number of thiazole rings is 1. The van der Waals surface area contributed by atoms with Crippen LogP contribution in [0, 0.1) is 22.7 Å². The van der Waals surface area contributed by atoms with E-state index in [0.29, 0.717) is 26.1 Å². The minimum absolute atomic E-state index is 0.0479. The smallest absolute Gasteiger partial charge is 0.186 e. The molecule has 0 bridgehead atoms. The van der Waals surface area contributed by atoms with Crippen LogP contribution in [0.5, 0.6) is 0 Å². The van der Waals surface area contributed by atoms with Crippen LogP contribution >= 0.6 is 11.3 Å². The van der Waals surface area contributed by atoms with Crippen LogP contribution in [-0.2, 0) is 19.4 Å². The Hall–Kier alpha value is -2.48. The van der Waals surface area contributed by atoms with E-state index < -0.39 is 15.3 Å². The number of anilines is 2. The second kappa shape index (κ2) is 11.0. The van der Waals surface area contributed by atoms with Crippen molar-refractivity contribution < 1.29 is 17.9 Å². The number of carbonyl (C=O) groups is 1. The average Bonchev–Trinajstić information content (AvgIpc) is 3.59. The Morgan fingerprint density at radius 2 is 1.80 bits per heavy atom. The summed E-state index contributed by atoms with van der Waals surface area (Å²) in [6.45, 7) is 7.44. The number of hydrogen-bond donors (Lipinski definition) is 0. The molecular formula is C31H40N4O4S2. The fourth-order valence-corrected chi connectivity index (χ4v) is 9.04. The Balaban J connectivity index is 1.33. The van der Waals surface area contributed by atoms with Crippen molar-refractivity contribution in [2.75, 3.05) is 54.1 Å². The molecule has 1 aromatic carbocycles. The summed E-state index contributed by atoms with van der Waals surface area (Å²) in [4.78, 5) is 24.5. The van der Waals surface area contributed by atoms with Gasteiger partial charge in [-0.3, -0.25) is 4.79 Å². The second-order valence-corrected chi connectivity index (χ2v) is 16.2. The van der Waals surface area contributed by atoms with Gasteiger partial charge in [-0.05, 0) is 57.2 Å². The van der Waals surface area contributed by atoms with Crippen molar-refractivity contribution in [2.45, 2.75) is 70.3 Å². The first-order valence-corrected chi connectivity index (χ1v) is 17.6. The number of carbonyl (C=O) groups excluding carboxylic acids is 1. The molecule has 2 aromatic rings. The van der Waals surface area contributed by atoms with Gasteiger partial charge in [-0.1, -0.05) is 36.3 Å². The Bertz CT molecular complexity index is 1430. The van der Waals surface area contributed by atoms with Gasteiger partial charge in [0.05, 0.1) is 45.8 Å². The molecule has 0 amide bonds. The molecule has 2 saturated carbocycles. The highest BCUT2D eigenvalue weighted by Crippen LogP contribution is 2.52. The van der Waals surface area contributed by atoms with Crippen LogP contribution in [0.4, 0.5) is 10.8 Å². The summed E-state index contributed by atoms with van der Waals surface area (Å²) in [5.41, 5.74) is 2.44. The van der Waals surface area contributed by atoms with E-state index in [9.17, 15) is 18.5 Å². The number of rotatable bonds is 7. The molecule has 4 fully saturated rings. The highest BCUT2D eigenvalue weighted by Gasteiger charge is 2.47. The quantitative estimate of drug-likeness (QED) is 0.430. The molecule has 0 radical (unpaired) electrons. The Morgan fingerprint density at radius 1 is 1.10 bits per heavy atom. The summed E-state index contributed by atoms with van der Waals surface area (Å²) in [6, 6.07) is 10.8. The van der Waals surface area contributed by atoms with E-state index in [2.05, 4.69) is 54.0 Å². The average molecular weight is 597 g/mol. The van der Waals surface area contributed by atoms with E-state index in [1.807, 2.05) is 0 Å². The Morgan fingerprint density at radius 3 is 2.46 bits per heavy atom. The number of ketones is 1. The van der Waals surface area contributed by atoms with Crippen LogP contribution in [0.1, 0.15) is 70.4 Å². The van der Waals surface area contributed by atoms with Crippen molar-refractivity contribution in [3.8, 4) is 16.5 Å². The normalized spacial score (nSPS) is 26.8. The molecular weight excluding hydrogens is 556 g/mol. The van der Waals surface area contributed by atoms with Crippen LogP contribution in [-0.4, -0.2) is 69.1 Å². The molecule has 10 heteroatoms. The summed E-state index contributed by atoms with van der Waals surface area (Å²) >= 11 is 1.70. The van der Waals surface area contributed by atoms with Gasteiger partial charge in [0.25, 0.3) is 0 Å². The molecule has 41 heavy (non-hydrogen) atoms. The van der Waals surface area contributed by atoms with Gasteiger partial charge < -0.3 is 14.5 Å². The Labute approximate surface area is 247 Å². The summed E-state index contributed by atoms with van der Waals surface area (Å²) in [7, 11) is -2.94. The maximum atomic E-state index is 13.7. The number of nitrogens with zero attached hydrogens (tertiary/aromatic N) is 4. The molecule has 220 valence electrons. The molecule has 1 aromatic heterocycles. The predicted molar refractivity (Wildman–Crippen MR) is 162 cm³/mol. The molecule has 2 aliphatic heterocycles. The van der Waals surface area contributed by atoms with E-state index in [1.165, 1.54) is 0 Å². The molecule has 3 heterocycles. The molecule has 4 aliphatic rings. The number of ether oxygens (including phenoxy) is 1. The van der Waals surface area contributed by atoms with Crippen molar-refractivity contribution in [2.24, 2.45) is 11.3 Å². The van der Waals surface area contributed by atoms with Crippen LogP contribution in [0.25, 0.3) is 10.4 Å². The van der Waals surface area contributed by atoms with E-state index in [4.69, 9.17) is 9.72 Å². The number of hydrogen-bond acceptors (Lipinski definition) is 9. The van der Waals surface area contributed by atoms with Gasteiger partial charge in [0.15, 0.2) is 15.0 Å². The van der Waals surface area contributed by atoms with Gasteiger partial charge >= 0.3 is 0 Å². The molecule has 8 nitrogen and oxygen atoms in total. The molecule has 2 atom stereocenters. The zero-order valence-electron chi connectivity index (χ0n) is 24.1. The van der Waals surface area contributed by atoms with Gasteiger partial charge in [-0.2, -0.15) is 5.26 Å². The van der Waals surface area contributed by atoms with E-state index in [0.717, 1.165) is 78.6 Å². The van der Waals surface area contributed by atoms with Gasteiger partial charge in [-0.15, -0.1) is 0 Å². The van der Waals surface area contributed by atoms with Crippen molar-refractivity contribution in [1.29, 1.82) is 5.26 Å². The lowest BCUT2D eigenvalue weighted by Crippen LogP contribution is -2.48. The van der Waals surface area contributed by atoms with Crippen molar-refractivity contribution in [1.82, 2.24) is 4.98 Å². The zero-order valence-corrected chi connectivity index (χ0v) is 25.7. The number of benzene rings is 1. The lowest BCUT2D eigenvalue weighted by atomic mass is 9.73. The van der Waals surface area contributed by atoms with E-state index >= 15 is 0 Å². The fourth-order valence-electron chi connectivity index (χ4n) is 6.67. The summed E-state index contributed by atoms with van der Waals surface area (Å²) in [6.07, 6.45) is 5.94. The molecule has 0 unspecified atom stereocenters. The summed E-state index contributed by atoms with van der Waals surface area (Å²) < 4.78 is 29.8. The lowest BCUT2D eigenvalue weighted by molar-refractivity contribution is -0.125. The van der Waals surface area contributed by atoms with Crippen LogP contribution in [0.3, 0.4) is 0 Å². The van der Waals surface area contributed by atoms with Gasteiger partial charge in [-0.25, -0.2) is 13.4 Å². The van der Waals surface area contributed by atoms with Crippen LogP contribution < -0.4 is 9.80 Å². The lowest BCUT2D eigenvalue weighted by Gasteiger charge is -2.38. The minimum Gasteiger partial charge on any atom is -0.372 e. The first-order valence-electron chi connectivity index (χ1n) is 15.0. The first kappa shape index (κ1) is 28.6. The Kier molecular flexibility index (Phi) is 7.66. The fraction of sp³-hybridized carbons (Fsp3) is 0.645. The van der Waals surface area contributed by atoms with Crippen LogP contribution in [0.2, 0.25) is 0 Å². The monoisotopic (exact) mass is 596 g/mol. The standard InChI is InChI=1S/C31H40N4O4S2/c1-30(2)21-35(13-16-39-30)29-33-27(25-6-4-3-5-24(25)26(36)19-31(20-32)11-12-31)28(40-29)22-7-9-23(10-8-22)34-14-17-41(37,38)18-15-34/h7-10,24-25H,3-6,11-19,21H2,1-2H3/t24-,25-/m1/s1. The predicted octanol–water partition coefficient (Wildman–Crippen LogP) is 5.20. The zero-order chi connectivity index (χ0) is 28.8. The third kappa shape index (κ3) is 6.18. The summed E-state index contributed by atoms with van der Waals surface area (Å²) in [5, 5.41) is 10.6. The number of sulfone groups is 1. The van der Waals surface area contributed by atoms with Gasteiger partial charge in [0.1, 0.15) is 5.78 Å². The highest BCUT2D eigenvalue weighted by atomic mass is 32.2. The van der Waals surface area contributed by atoms with Gasteiger partial charge in [0.2, 0.25) is 0 Å². The minimum atomic E-state index is -2.94. The van der Waals surface area contributed by atoms with Crippen molar-refractivity contribution in [3.05, 3.63) is 30.0 Å². The number of nitriles is 1. The molecule has 0 spiro atoms. The third-order valence-electron chi connectivity index (χ3n) is 9.31. The van der Waals surface area contributed by atoms with Crippen molar-refractivity contribution in [3.63, 3.8) is 0 Å². The number of Topliss-reactive ketones (excluding diaryl/α,β-unsaturated/α-hetero) is 1. The highest BCUT2D eigenvalue weighted by molar-refractivity contribution is 7.91.